The van der Waals surface area contributed by atoms with Crippen molar-refractivity contribution >= 4 is 17.7 Å². The number of nitrogens with zero attached hydrogens (tertiary/aromatic N) is 3. The van der Waals surface area contributed by atoms with Crippen LogP contribution in [-0.2, 0) is 0 Å². The topological polar surface area (TPSA) is 121 Å². The van der Waals surface area contributed by atoms with Crippen LogP contribution >= 0.6 is 0 Å². The number of aromatic carboxylic acids is 1. The summed E-state index contributed by atoms with van der Waals surface area (Å²) in [7, 11) is 0. The minimum Gasteiger partial charge on any atom is -0.476 e. The Kier molecular flexibility index (Phi) is 4.02. The second kappa shape index (κ2) is 6.29. The first kappa shape index (κ1) is 15.3. The van der Waals surface area contributed by atoms with E-state index in [0.29, 0.717) is 5.82 Å². The van der Waals surface area contributed by atoms with Gasteiger partial charge in [-0.2, -0.15) is 5.10 Å². The third kappa shape index (κ3) is 2.84. The molecule has 0 saturated carbocycles. The molecular weight excluding hydrogens is 310 g/mol. The lowest BCUT2D eigenvalue weighted by Gasteiger charge is -2.07. The van der Waals surface area contributed by atoms with E-state index in [1.807, 2.05) is 37.3 Å². The lowest BCUT2D eigenvalue weighted by atomic mass is 10.1. The number of hydrogen-bond donors (Lipinski definition) is 3. The average Bonchev–Trinajstić information content (AvgIpc) is 2.96. The highest BCUT2D eigenvalue weighted by molar-refractivity contribution is 6.09. The highest BCUT2D eigenvalue weighted by Gasteiger charge is 2.22. The van der Waals surface area contributed by atoms with Crippen molar-refractivity contribution in [3.8, 4) is 11.1 Å². The zero-order valence-corrected chi connectivity index (χ0v) is 12.6. The highest BCUT2D eigenvalue weighted by atomic mass is 16.4. The number of anilines is 1. The molecule has 24 heavy (non-hydrogen) atoms. The molecule has 0 aliphatic rings. The van der Waals surface area contributed by atoms with Gasteiger partial charge < -0.3 is 10.4 Å². The maximum Gasteiger partial charge on any atom is 0.356 e. The third-order valence-corrected chi connectivity index (χ3v) is 3.36. The van der Waals surface area contributed by atoms with Crippen molar-refractivity contribution in [3.63, 3.8) is 0 Å². The van der Waals surface area contributed by atoms with E-state index in [4.69, 9.17) is 5.11 Å². The van der Waals surface area contributed by atoms with Gasteiger partial charge in [0.05, 0.1) is 0 Å². The van der Waals surface area contributed by atoms with Gasteiger partial charge in [-0.05, 0) is 12.5 Å². The predicted molar refractivity (Wildman–Crippen MR) is 85.7 cm³/mol. The number of carboxylic acids is 1. The summed E-state index contributed by atoms with van der Waals surface area (Å²) >= 11 is 0. The van der Waals surface area contributed by atoms with Crippen molar-refractivity contribution in [2.24, 2.45) is 0 Å². The molecule has 8 nitrogen and oxygen atoms in total. The van der Waals surface area contributed by atoms with Crippen molar-refractivity contribution in [1.82, 2.24) is 20.2 Å². The number of carbonyl (C=O) groups excluding carboxylic acids is 1. The SMILES string of the molecule is Cc1[nH]nc(NC(=O)c2nccnc2C(=O)O)c1-c1ccccc1. The van der Waals surface area contributed by atoms with E-state index in [0.717, 1.165) is 16.8 Å². The van der Waals surface area contributed by atoms with E-state index >= 15 is 0 Å². The Morgan fingerprint density at radius 1 is 1.08 bits per heavy atom. The molecule has 0 radical (unpaired) electrons. The summed E-state index contributed by atoms with van der Waals surface area (Å²) in [4.78, 5) is 31.1. The molecule has 0 aliphatic carbocycles. The van der Waals surface area contributed by atoms with Crippen LogP contribution in [0, 0.1) is 6.92 Å². The van der Waals surface area contributed by atoms with Crippen LogP contribution in [0.1, 0.15) is 26.7 Å². The maximum absolute atomic E-state index is 12.4. The summed E-state index contributed by atoms with van der Waals surface area (Å²) in [6, 6.07) is 9.41. The molecule has 1 aromatic carbocycles. The number of rotatable bonds is 4. The van der Waals surface area contributed by atoms with Crippen LogP contribution in [0.4, 0.5) is 5.82 Å². The fourth-order valence-electron chi connectivity index (χ4n) is 2.31. The normalized spacial score (nSPS) is 10.4. The summed E-state index contributed by atoms with van der Waals surface area (Å²) in [5, 5.41) is 18.6. The minimum atomic E-state index is -1.32. The fourth-order valence-corrected chi connectivity index (χ4v) is 2.31. The number of carboxylic acid groups (broad SMARTS) is 1. The van der Waals surface area contributed by atoms with E-state index in [2.05, 4.69) is 25.5 Å². The summed E-state index contributed by atoms with van der Waals surface area (Å²) in [5.74, 6) is -1.72. The maximum atomic E-state index is 12.4. The smallest absolute Gasteiger partial charge is 0.356 e. The molecule has 120 valence electrons. The van der Waals surface area contributed by atoms with Gasteiger partial charge in [-0.15, -0.1) is 0 Å². The number of carbonyl (C=O) groups is 2. The zero-order valence-electron chi connectivity index (χ0n) is 12.6. The Morgan fingerprint density at radius 2 is 1.75 bits per heavy atom. The predicted octanol–water partition coefficient (Wildman–Crippen LogP) is 2.13. The number of H-pyrrole nitrogens is 1. The molecule has 0 atom stereocenters. The quantitative estimate of drug-likeness (QED) is 0.676. The first-order valence-corrected chi connectivity index (χ1v) is 7.04. The van der Waals surface area contributed by atoms with E-state index in [-0.39, 0.29) is 5.69 Å². The Hall–Kier alpha value is -3.55. The largest absolute Gasteiger partial charge is 0.476 e. The van der Waals surface area contributed by atoms with Crippen molar-refractivity contribution in [3.05, 3.63) is 59.8 Å². The standard InChI is InChI=1S/C16H13N5O3/c1-9-11(10-5-3-2-4-6-10)14(21-20-9)19-15(22)12-13(16(23)24)18-8-7-17-12/h2-8H,1H3,(H,23,24)(H2,19,20,21,22). The van der Waals surface area contributed by atoms with Crippen molar-refractivity contribution in [2.75, 3.05) is 5.32 Å². The zero-order chi connectivity index (χ0) is 17.1. The summed E-state index contributed by atoms with van der Waals surface area (Å²) in [5.41, 5.74) is 1.68. The van der Waals surface area contributed by atoms with E-state index in [9.17, 15) is 9.59 Å². The van der Waals surface area contributed by atoms with Crippen LogP contribution in [0.15, 0.2) is 42.7 Å². The summed E-state index contributed by atoms with van der Waals surface area (Å²) < 4.78 is 0. The van der Waals surface area contributed by atoms with Crippen molar-refractivity contribution < 1.29 is 14.7 Å². The summed E-state index contributed by atoms with van der Waals surface area (Å²) in [6.45, 7) is 1.83. The number of aryl methyl sites for hydroxylation is 1. The molecule has 3 N–H and O–H groups in total. The fraction of sp³-hybridized carbons (Fsp3) is 0.0625. The highest BCUT2D eigenvalue weighted by Crippen LogP contribution is 2.29. The Bertz CT molecular complexity index is 905. The Balaban J connectivity index is 1.96. The van der Waals surface area contributed by atoms with Gasteiger partial charge in [-0.1, -0.05) is 30.3 Å². The van der Waals surface area contributed by atoms with Crippen LogP contribution in [0.2, 0.25) is 0 Å². The van der Waals surface area contributed by atoms with Gasteiger partial charge in [0.15, 0.2) is 17.2 Å². The second-order valence-corrected chi connectivity index (χ2v) is 4.95. The molecule has 3 rings (SSSR count). The average molecular weight is 323 g/mol. The van der Waals surface area contributed by atoms with Gasteiger partial charge >= 0.3 is 5.97 Å². The van der Waals surface area contributed by atoms with Gasteiger partial charge in [-0.3, -0.25) is 9.89 Å². The van der Waals surface area contributed by atoms with Gasteiger partial charge in [0.1, 0.15) is 0 Å². The second-order valence-electron chi connectivity index (χ2n) is 4.95. The monoisotopic (exact) mass is 323 g/mol. The van der Waals surface area contributed by atoms with E-state index in [1.54, 1.807) is 0 Å². The Morgan fingerprint density at radius 3 is 2.42 bits per heavy atom. The van der Waals surface area contributed by atoms with Gasteiger partial charge in [0, 0.05) is 23.7 Å². The molecule has 3 aromatic rings. The number of aromatic nitrogens is 4. The molecule has 2 aromatic heterocycles. The number of hydrogen-bond acceptors (Lipinski definition) is 5. The first-order valence-electron chi connectivity index (χ1n) is 7.04. The molecule has 8 heteroatoms. The molecular formula is C16H13N5O3. The van der Waals surface area contributed by atoms with Crippen molar-refractivity contribution in [2.45, 2.75) is 6.92 Å². The van der Waals surface area contributed by atoms with Gasteiger partial charge in [0.2, 0.25) is 0 Å². The van der Waals surface area contributed by atoms with E-state index < -0.39 is 17.6 Å². The van der Waals surface area contributed by atoms with Crippen LogP contribution in [0.5, 0.6) is 0 Å². The molecule has 2 heterocycles. The van der Waals surface area contributed by atoms with Crippen LogP contribution in [0.3, 0.4) is 0 Å². The van der Waals surface area contributed by atoms with Crippen molar-refractivity contribution in [1.29, 1.82) is 0 Å². The molecule has 0 spiro atoms. The molecule has 0 bridgehead atoms. The number of nitrogens with one attached hydrogen (secondary N) is 2. The first-order chi connectivity index (χ1) is 11.6. The van der Waals surface area contributed by atoms with Crippen LogP contribution < -0.4 is 5.32 Å². The number of benzene rings is 1. The molecule has 0 saturated heterocycles. The van der Waals surface area contributed by atoms with Crippen LogP contribution in [-0.4, -0.2) is 37.1 Å². The minimum absolute atomic E-state index is 0.273. The van der Waals surface area contributed by atoms with Gasteiger partial charge in [-0.25, -0.2) is 14.8 Å². The van der Waals surface area contributed by atoms with Crippen LogP contribution in [0.25, 0.3) is 11.1 Å². The molecule has 1 amide bonds. The lowest BCUT2D eigenvalue weighted by Crippen LogP contribution is -2.20. The Labute approximate surface area is 136 Å². The van der Waals surface area contributed by atoms with Gasteiger partial charge in [0.25, 0.3) is 5.91 Å². The third-order valence-electron chi connectivity index (χ3n) is 3.36. The van der Waals surface area contributed by atoms with E-state index in [1.165, 1.54) is 12.4 Å². The molecule has 0 fully saturated rings. The molecule has 0 unspecified atom stereocenters. The summed E-state index contributed by atoms with van der Waals surface area (Å²) in [6.07, 6.45) is 2.48. The lowest BCUT2D eigenvalue weighted by molar-refractivity contribution is 0.0685. The number of amides is 1. The molecule has 0 aliphatic heterocycles. The number of aromatic amines is 1.